The second kappa shape index (κ2) is 5.01. The molecular weight excluding hydrogens is 265 g/mol. The molecule has 1 heterocycles. The number of nitrogens with one attached hydrogen (secondary N) is 1. The summed E-state index contributed by atoms with van der Waals surface area (Å²) in [6.45, 7) is 2.03. The Morgan fingerprint density at radius 2 is 2.14 bits per heavy atom. The molecular formula is C10H13BrClNO. The van der Waals surface area contributed by atoms with Crippen molar-refractivity contribution in [2.24, 2.45) is 0 Å². The molecule has 0 spiro atoms. The van der Waals surface area contributed by atoms with Crippen molar-refractivity contribution in [3.63, 3.8) is 0 Å². The zero-order valence-electron chi connectivity index (χ0n) is 7.97. The van der Waals surface area contributed by atoms with Gasteiger partial charge in [0.15, 0.2) is 0 Å². The first-order valence-electron chi connectivity index (χ1n) is 4.37. The highest BCUT2D eigenvalue weighted by Gasteiger charge is 2.11. The zero-order chi connectivity index (χ0) is 9.26. The maximum Gasteiger partial charge on any atom is 0.133 e. The predicted octanol–water partition coefficient (Wildman–Crippen LogP) is 2.53. The minimum Gasteiger partial charge on any atom is -0.496 e. The summed E-state index contributed by atoms with van der Waals surface area (Å²) >= 11 is 3.49. The van der Waals surface area contributed by atoms with Crippen LogP contribution >= 0.6 is 28.3 Å². The van der Waals surface area contributed by atoms with E-state index in [0.717, 1.165) is 29.7 Å². The lowest BCUT2D eigenvalue weighted by Gasteiger charge is -2.18. The van der Waals surface area contributed by atoms with Crippen molar-refractivity contribution in [3.8, 4) is 5.75 Å². The van der Waals surface area contributed by atoms with Gasteiger partial charge in [-0.05, 0) is 52.2 Å². The Morgan fingerprint density at radius 1 is 1.36 bits per heavy atom. The average Bonchev–Trinajstić information content (AvgIpc) is 2.17. The van der Waals surface area contributed by atoms with Gasteiger partial charge in [-0.3, -0.25) is 0 Å². The van der Waals surface area contributed by atoms with Crippen molar-refractivity contribution in [1.29, 1.82) is 0 Å². The number of hydrogen-bond acceptors (Lipinski definition) is 2. The van der Waals surface area contributed by atoms with E-state index in [1.54, 1.807) is 7.11 Å². The number of rotatable bonds is 1. The SMILES string of the molecule is COc1cc2c(cc1Br)CCNC2.Cl. The topological polar surface area (TPSA) is 21.3 Å². The molecule has 1 aliphatic heterocycles. The first-order chi connectivity index (χ1) is 6.31. The molecule has 1 aliphatic rings. The fourth-order valence-electron chi connectivity index (χ4n) is 1.64. The molecule has 0 bridgehead atoms. The number of benzene rings is 1. The fraction of sp³-hybridized carbons (Fsp3) is 0.400. The molecule has 0 saturated carbocycles. The van der Waals surface area contributed by atoms with E-state index in [9.17, 15) is 0 Å². The van der Waals surface area contributed by atoms with E-state index in [-0.39, 0.29) is 12.4 Å². The Bertz CT molecular complexity index is 330. The normalized spacial score (nSPS) is 14.1. The molecule has 0 aliphatic carbocycles. The van der Waals surface area contributed by atoms with E-state index in [1.165, 1.54) is 11.1 Å². The lowest BCUT2D eigenvalue weighted by atomic mass is 10.0. The van der Waals surface area contributed by atoms with Gasteiger partial charge in [0.25, 0.3) is 0 Å². The van der Waals surface area contributed by atoms with Crippen LogP contribution < -0.4 is 10.1 Å². The van der Waals surface area contributed by atoms with E-state index >= 15 is 0 Å². The summed E-state index contributed by atoms with van der Waals surface area (Å²) in [5, 5.41) is 3.34. The van der Waals surface area contributed by atoms with Gasteiger partial charge in [0.05, 0.1) is 11.6 Å². The van der Waals surface area contributed by atoms with Crippen LogP contribution in [0, 0.1) is 0 Å². The maximum atomic E-state index is 5.24. The number of hydrogen-bond donors (Lipinski definition) is 1. The molecule has 4 heteroatoms. The average molecular weight is 279 g/mol. The highest BCUT2D eigenvalue weighted by atomic mass is 79.9. The van der Waals surface area contributed by atoms with Crippen LogP contribution in [-0.2, 0) is 13.0 Å². The van der Waals surface area contributed by atoms with Gasteiger partial charge in [-0.15, -0.1) is 12.4 Å². The van der Waals surface area contributed by atoms with Crippen LogP contribution in [0.15, 0.2) is 16.6 Å². The number of methoxy groups -OCH3 is 1. The summed E-state index contributed by atoms with van der Waals surface area (Å²) in [5.74, 6) is 0.919. The summed E-state index contributed by atoms with van der Waals surface area (Å²) in [4.78, 5) is 0. The summed E-state index contributed by atoms with van der Waals surface area (Å²) < 4.78 is 6.29. The minimum atomic E-state index is 0. The molecule has 1 N–H and O–H groups in total. The van der Waals surface area contributed by atoms with Crippen LogP contribution in [0.1, 0.15) is 11.1 Å². The van der Waals surface area contributed by atoms with Crippen molar-refractivity contribution >= 4 is 28.3 Å². The highest BCUT2D eigenvalue weighted by Crippen LogP contribution is 2.29. The van der Waals surface area contributed by atoms with Crippen LogP contribution in [-0.4, -0.2) is 13.7 Å². The molecule has 0 radical (unpaired) electrons. The maximum absolute atomic E-state index is 5.24. The molecule has 2 nitrogen and oxygen atoms in total. The van der Waals surface area contributed by atoms with Crippen molar-refractivity contribution in [2.75, 3.05) is 13.7 Å². The second-order valence-corrected chi connectivity index (χ2v) is 4.04. The first kappa shape index (κ1) is 11.8. The molecule has 1 aromatic rings. The van der Waals surface area contributed by atoms with Crippen LogP contribution in [0.3, 0.4) is 0 Å². The number of ether oxygens (including phenoxy) is 1. The van der Waals surface area contributed by atoms with Crippen molar-refractivity contribution in [1.82, 2.24) is 5.32 Å². The molecule has 14 heavy (non-hydrogen) atoms. The van der Waals surface area contributed by atoms with E-state index < -0.39 is 0 Å². The van der Waals surface area contributed by atoms with Crippen molar-refractivity contribution in [3.05, 3.63) is 27.7 Å². The third-order valence-electron chi connectivity index (χ3n) is 2.36. The Hall–Kier alpha value is -0.250. The lowest BCUT2D eigenvalue weighted by molar-refractivity contribution is 0.410. The minimum absolute atomic E-state index is 0. The quantitative estimate of drug-likeness (QED) is 0.852. The molecule has 0 unspecified atom stereocenters. The third-order valence-corrected chi connectivity index (χ3v) is 2.98. The molecule has 1 aromatic carbocycles. The molecule has 78 valence electrons. The molecule has 0 fully saturated rings. The second-order valence-electron chi connectivity index (χ2n) is 3.18. The Balaban J connectivity index is 0.000000980. The Labute approximate surface area is 98.6 Å². The van der Waals surface area contributed by atoms with Gasteiger partial charge in [0, 0.05) is 6.54 Å². The highest BCUT2D eigenvalue weighted by molar-refractivity contribution is 9.10. The van der Waals surface area contributed by atoms with Gasteiger partial charge in [0.1, 0.15) is 5.75 Å². The standard InChI is InChI=1S/C10H12BrNO.ClH/c1-13-10-5-8-6-12-3-2-7(8)4-9(10)11;/h4-5,12H,2-3,6H2,1H3;1H. The van der Waals surface area contributed by atoms with Crippen LogP contribution in [0.4, 0.5) is 0 Å². The van der Waals surface area contributed by atoms with E-state index in [1.807, 2.05) is 0 Å². The molecule has 0 aromatic heterocycles. The molecule has 0 amide bonds. The predicted molar refractivity (Wildman–Crippen MR) is 63.4 cm³/mol. The van der Waals surface area contributed by atoms with Crippen LogP contribution in [0.5, 0.6) is 5.75 Å². The van der Waals surface area contributed by atoms with Gasteiger partial charge in [-0.1, -0.05) is 0 Å². The Kier molecular flexibility index (Phi) is 4.23. The summed E-state index contributed by atoms with van der Waals surface area (Å²) in [6, 6.07) is 4.26. The Morgan fingerprint density at radius 3 is 2.86 bits per heavy atom. The summed E-state index contributed by atoms with van der Waals surface area (Å²) in [7, 11) is 1.70. The van der Waals surface area contributed by atoms with Crippen molar-refractivity contribution in [2.45, 2.75) is 13.0 Å². The van der Waals surface area contributed by atoms with E-state index in [0.29, 0.717) is 0 Å². The van der Waals surface area contributed by atoms with Gasteiger partial charge in [0.2, 0.25) is 0 Å². The molecule has 0 atom stereocenters. The smallest absolute Gasteiger partial charge is 0.133 e. The van der Waals surface area contributed by atoms with Crippen LogP contribution in [0.25, 0.3) is 0 Å². The van der Waals surface area contributed by atoms with Gasteiger partial charge < -0.3 is 10.1 Å². The van der Waals surface area contributed by atoms with E-state index in [2.05, 4.69) is 33.4 Å². The summed E-state index contributed by atoms with van der Waals surface area (Å²) in [5.41, 5.74) is 2.78. The number of halogens is 2. The molecule has 2 rings (SSSR count). The fourth-order valence-corrected chi connectivity index (χ4v) is 2.19. The van der Waals surface area contributed by atoms with Gasteiger partial charge >= 0.3 is 0 Å². The van der Waals surface area contributed by atoms with Gasteiger partial charge in [-0.2, -0.15) is 0 Å². The third kappa shape index (κ3) is 2.22. The largest absolute Gasteiger partial charge is 0.496 e. The number of fused-ring (bicyclic) bond motifs is 1. The summed E-state index contributed by atoms with van der Waals surface area (Å²) in [6.07, 6.45) is 1.11. The molecule has 0 saturated heterocycles. The zero-order valence-corrected chi connectivity index (χ0v) is 10.4. The van der Waals surface area contributed by atoms with E-state index in [4.69, 9.17) is 4.74 Å². The lowest BCUT2D eigenvalue weighted by Crippen LogP contribution is -2.23. The monoisotopic (exact) mass is 277 g/mol. The first-order valence-corrected chi connectivity index (χ1v) is 5.16. The van der Waals surface area contributed by atoms with Crippen LogP contribution in [0.2, 0.25) is 0 Å². The van der Waals surface area contributed by atoms with Gasteiger partial charge in [-0.25, -0.2) is 0 Å². The van der Waals surface area contributed by atoms with Crippen molar-refractivity contribution < 1.29 is 4.74 Å².